The third-order valence-electron chi connectivity index (χ3n) is 1.23. The molecule has 0 aromatic carbocycles. The molecule has 5 heteroatoms. The zero-order valence-electron chi connectivity index (χ0n) is 5.70. The highest BCUT2D eigenvalue weighted by molar-refractivity contribution is 7.14. The Labute approximate surface area is 61.9 Å². The molecule has 10 heavy (non-hydrogen) atoms. The predicted molar refractivity (Wildman–Crippen MR) is 36.9 cm³/mol. The smallest absolute Gasteiger partial charge is 0.257 e. The first-order valence-electron chi connectivity index (χ1n) is 2.71. The van der Waals surface area contributed by atoms with Crippen molar-refractivity contribution >= 4 is 16.3 Å². The quantitative estimate of drug-likeness (QED) is 0.345. The maximum Gasteiger partial charge on any atom is 0.392 e. The normalized spacial score (nSPS) is 9.80. The van der Waals surface area contributed by atoms with Gasteiger partial charge in [-0.3, -0.25) is 10.1 Å². The van der Waals surface area contributed by atoms with Crippen LogP contribution in [0.25, 0.3) is 0 Å². The molecule has 1 aromatic heterocycles. The zero-order chi connectivity index (χ0) is 7.72. The molecule has 0 aliphatic rings. The summed E-state index contributed by atoms with van der Waals surface area (Å²) in [5, 5.41) is 11.3. The molecule has 0 fully saturated rings. The second kappa shape index (κ2) is 2.34. The van der Waals surface area contributed by atoms with Gasteiger partial charge in [-0.05, 0) is 0 Å². The monoisotopic (exact) mass is 159 g/mol. The van der Waals surface area contributed by atoms with Crippen LogP contribution in [0.4, 0.5) is 5.00 Å². The van der Waals surface area contributed by atoms with Crippen LogP contribution in [0.5, 0.6) is 0 Å². The predicted octanol–water partition coefficient (Wildman–Crippen LogP) is 0.789. The molecule has 0 saturated carbocycles. The summed E-state index contributed by atoms with van der Waals surface area (Å²) in [6.07, 6.45) is 1.51. The van der Waals surface area contributed by atoms with Crippen LogP contribution in [-0.2, 0) is 7.05 Å². The summed E-state index contributed by atoms with van der Waals surface area (Å²) in [6.45, 7) is 1.84. The Bertz CT molecular complexity index is 249. The Morgan fingerprint density at radius 3 is 2.60 bits per heavy atom. The molecule has 0 unspecified atom stereocenters. The van der Waals surface area contributed by atoms with Gasteiger partial charge in [0.1, 0.15) is 7.05 Å². The average molecular weight is 159 g/mol. The molecule has 54 valence electrons. The minimum Gasteiger partial charge on any atom is -0.257 e. The molecule has 1 aromatic rings. The fourth-order valence-corrected chi connectivity index (χ4v) is 1.38. The van der Waals surface area contributed by atoms with Gasteiger partial charge in [-0.15, -0.1) is 0 Å². The molecule has 1 heterocycles. The molecular weight excluding hydrogens is 152 g/mol. The van der Waals surface area contributed by atoms with E-state index in [0.29, 0.717) is 0 Å². The van der Waals surface area contributed by atoms with Crippen molar-refractivity contribution in [2.75, 3.05) is 0 Å². The van der Waals surface area contributed by atoms with E-state index in [-0.39, 0.29) is 9.92 Å². The van der Waals surface area contributed by atoms with Crippen LogP contribution in [0.1, 0.15) is 5.01 Å². The van der Waals surface area contributed by atoms with Gasteiger partial charge in [0, 0.05) is 18.3 Å². The fraction of sp³-hybridized carbons (Fsp3) is 0.400. The fourth-order valence-electron chi connectivity index (χ4n) is 0.591. The summed E-state index contributed by atoms with van der Waals surface area (Å²) in [6, 6.07) is 0. The van der Waals surface area contributed by atoms with Crippen LogP contribution < -0.4 is 4.57 Å². The van der Waals surface area contributed by atoms with Crippen molar-refractivity contribution in [3.05, 3.63) is 21.3 Å². The lowest BCUT2D eigenvalue weighted by Crippen LogP contribution is -2.27. The van der Waals surface area contributed by atoms with E-state index < -0.39 is 0 Å². The van der Waals surface area contributed by atoms with Crippen LogP contribution in [0.15, 0.2) is 6.20 Å². The number of aryl methyl sites for hydroxylation is 2. The standard InChI is InChI=1S/C5H7N2O2S/c1-4-6(2)3-5(10-4)7(8)9/h3H,1-2H3/q+1. The van der Waals surface area contributed by atoms with Gasteiger partial charge in [0.15, 0.2) is 0 Å². The minimum absolute atomic E-state index is 0.194. The lowest BCUT2D eigenvalue weighted by molar-refractivity contribution is -0.674. The topological polar surface area (TPSA) is 47.0 Å². The van der Waals surface area contributed by atoms with Gasteiger partial charge in [0.25, 0.3) is 6.20 Å². The van der Waals surface area contributed by atoms with Crippen molar-refractivity contribution in [3.8, 4) is 0 Å². The number of aromatic nitrogens is 1. The van der Waals surface area contributed by atoms with E-state index in [1.165, 1.54) is 17.5 Å². The summed E-state index contributed by atoms with van der Waals surface area (Å²) in [4.78, 5) is 9.79. The first-order valence-corrected chi connectivity index (χ1v) is 3.53. The van der Waals surface area contributed by atoms with Crippen LogP contribution >= 0.6 is 11.3 Å². The van der Waals surface area contributed by atoms with E-state index >= 15 is 0 Å². The Morgan fingerprint density at radius 2 is 2.40 bits per heavy atom. The number of hydrogen-bond donors (Lipinski definition) is 0. The summed E-state index contributed by atoms with van der Waals surface area (Å²) in [7, 11) is 1.79. The molecule has 0 aliphatic heterocycles. The maximum atomic E-state index is 10.2. The summed E-state index contributed by atoms with van der Waals surface area (Å²) < 4.78 is 1.74. The molecule has 1 rings (SSSR count). The lowest BCUT2D eigenvalue weighted by Gasteiger charge is -1.74. The summed E-state index contributed by atoms with van der Waals surface area (Å²) in [5.74, 6) is 0. The number of nitrogens with zero attached hydrogens (tertiary/aromatic N) is 2. The maximum absolute atomic E-state index is 10.2. The molecule has 0 spiro atoms. The van der Waals surface area contributed by atoms with Crippen molar-refractivity contribution in [3.63, 3.8) is 0 Å². The van der Waals surface area contributed by atoms with Gasteiger partial charge in [0.2, 0.25) is 5.01 Å². The van der Waals surface area contributed by atoms with Gasteiger partial charge >= 0.3 is 5.00 Å². The van der Waals surface area contributed by atoms with Crippen molar-refractivity contribution < 1.29 is 9.49 Å². The van der Waals surface area contributed by atoms with E-state index in [0.717, 1.165) is 5.01 Å². The number of hydrogen-bond acceptors (Lipinski definition) is 3. The van der Waals surface area contributed by atoms with E-state index in [2.05, 4.69) is 0 Å². The molecule has 0 aliphatic carbocycles. The molecule has 4 nitrogen and oxygen atoms in total. The SMILES string of the molecule is Cc1sc([N+](=O)[O-])c[n+]1C. The highest BCUT2D eigenvalue weighted by Crippen LogP contribution is 2.17. The molecule has 0 radical (unpaired) electrons. The lowest BCUT2D eigenvalue weighted by atomic mass is 10.7. The second-order valence-corrected chi connectivity index (χ2v) is 3.17. The Kier molecular flexibility index (Phi) is 1.67. The second-order valence-electron chi connectivity index (χ2n) is 1.96. The largest absolute Gasteiger partial charge is 0.392 e. The van der Waals surface area contributed by atoms with E-state index in [1.807, 2.05) is 6.92 Å². The van der Waals surface area contributed by atoms with Gasteiger partial charge in [-0.25, -0.2) is 0 Å². The van der Waals surface area contributed by atoms with Gasteiger partial charge in [-0.1, -0.05) is 0 Å². The number of nitro groups is 1. The van der Waals surface area contributed by atoms with Crippen LogP contribution in [0.3, 0.4) is 0 Å². The third kappa shape index (κ3) is 1.13. The molecule has 0 N–H and O–H groups in total. The Balaban J connectivity index is 3.10. The first kappa shape index (κ1) is 7.14. The van der Waals surface area contributed by atoms with Crippen LogP contribution in [0.2, 0.25) is 0 Å². The highest BCUT2D eigenvalue weighted by Gasteiger charge is 2.17. The first-order chi connectivity index (χ1) is 4.61. The molecule has 0 atom stereocenters. The zero-order valence-corrected chi connectivity index (χ0v) is 6.51. The highest BCUT2D eigenvalue weighted by atomic mass is 32.1. The van der Waals surface area contributed by atoms with Crippen molar-refractivity contribution in [2.45, 2.75) is 6.92 Å². The van der Waals surface area contributed by atoms with E-state index in [4.69, 9.17) is 0 Å². The Morgan fingerprint density at radius 1 is 1.80 bits per heavy atom. The molecule has 0 amide bonds. The molecule has 0 bridgehead atoms. The van der Waals surface area contributed by atoms with Crippen molar-refractivity contribution in [2.24, 2.45) is 7.05 Å². The van der Waals surface area contributed by atoms with Gasteiger partial charge in [0.05, 0.1) is 4.92 Å². The average Bonchev–Trinajstić information content (AvgIpc) is 2.13. The van der Waals surface area contributed by atoms with Crippen LogP contribution in [-0.4, -0.2) is 4.92 Å². The minimum atomic E-state index is -0.377. The van der Waals surface area contributed by atoms with Crippen LogP contribution in [0, 0.1) is 17.0 Å². The molecular formula is C5H7N2O2S+. The van der Waals surface area contributed by atoms with Crippen molar-refractivity contribution in [1.82, 2.24) is 0 Å². The van der Waals surface area contributed by atoms with Gasteiger partial charge < -0.3 is 0 Å². The summed E-state index contributed by atoms with van der Waals surface area (Å²) >= 11 is 1.19. The van der Waals surface area contributed by atoms with Crippen molar-refractivity contribution in [1.29, 1.82) is 0 Å². The number of thiazole rings is 1. The third-order valence-corrected chi connectivity index (χ3v) is 2.28. The summed E-state index contributed by atoms with van der Waals surface area (Å²) in [5.41, 5.74) is 0. The molecule has 0 saturated heterocycles. The number of rotatable bonds is 1. The Hall–Kier alpha value is -0.970. The van der Waals surface area contributed by atoms with Gasteiger partial charge in [-0.2, -0.15) is 4.57 Å². The van der Waals surface area contributed by atoms with E-state index in [9.17, 15) is 10.1 Å². The van der Waals surface area contributed by atoms with E-state index in [1.54, 1.807) is 11.6 Å².